The summed E-state index contributed by atoms with van der Waals surface area (Å²) < 4.78 is 10.9. The van der Waals surface area contributed by atoms with E-state index in [4.69, 9.17) is 20.5 Å². The minimum Gasteiger partial charge on any atom is -0.423 e. The maximum atomic E-state index is 12.9. The summed E-state index contributed by atoms with van der Waals surface area (Å²) in [5.41, 5.74) is 3.49. The summed E-state index contributed by atoms with van der Waals surface area (Å²) in [7, 11) is 0. The summed E-state index contributed by atoms with van der Waals surface area (Å²) in [6.07, 6.45) is 4.01. The van der Waals surface area contributed by atoms with Gasteiger partial charge in [0, 0.05) is 48.6 Å². The van der Waals surface area contributed by atoms with Crippen LogP contribution in [0.1, 0.15) is 24.1 Å². The number of hydrogen-bond donors (Lipinski definition) is 0. The summed E-state index contributed by atoms with van der Waals surface area (Å²) in [5, 5.41) is 4.62. The summed E-state index contributed by atoms with van der Waals surface area (Å²) in [6, 6.07) is 6.04. The van der Waals surface area contributed by atoms with Crippen molar-refractivity contribution in [3.05, 3.63) is 40.7 Å². The molecule has 2 aromatic heterocycles. The van der Waals surface area contributed by atoms with Gasteiger partial charge < -0.3 is 18.7 Å². The minimum absolute atomic E-state index is 0.0430. The van der Waals surface area contributed by atoms with Gasteiger partial charge in [0.1, 0.15) is 11.8 Å². The number of rotatable bonds is 2. The highest BCUT2D eigenvalue weighted by molar-refractivity contribution is 6.31. The normalized spacial score (nSPS) is 18.1. The van der Waals surface area contributed by atoms with Gasteiger partial charge in [0.15, 0.2) is 5.58 Å². The van der Waals surface area contributed by atoms with Crippen LogP contribution < -0.4 is 4.90 Å². The molecule has 8 heteroatoms. The Kier molecular flexibility index (Phi) is 4.04. The van der Waals surface area contributed by atoms with Gasteiger partial charge in [-0.1, -0.05) is 16.8 Å². The zero-order chi connectivity index (χ0) is 18.4. The fraction of sp³-hybridized carbons (Fsp3) is 0.421. The Bertz CT molecular complexity index is 990. The first-order valence-electron chi connectivity index (χ1n) is 9.19. The average molecular weight is 387 g/mol. The van der Waals surface area contributed by atoms with E-state index in [9.17, 15) is 4.79 Å². The van der Waals surface area contributed by atoms with Crippen molar-refractivity contribution < 1.29 is 13.7 Å². The molecule has 0 aliphatic carbocycles. The smallest absolute Gasteiger partial charge is 0.298 e. The molecule has 140 valence electrons. The highest BCUT2D eigenvalue weighted by Gasteiger charge is 2.32. The third-order valence-corrected chi connectivity index (χ3v) is 5.71. The molecule has 2 aliphatic heterocycles. The van der Waals surface area contributed by atoms with E-state index in [2.05, 4.69) is 15.0 Å². The standard InChI is InChI=1S/C19H19ClN4O3/c20-14-1-2-16-17(9-14)27-19(21-16)23-6-3-12(4-7-23)18(25)24-8-5-15-13(10-24)11-26-22-15/h1-2,9,11-12H,3-8,10H2. The second kappa shape index (κ2) is 6.56. The van der Waals surface area contributed by atoms with Crippen LogP contribution in [0.2, 0.25) is 5.02 Å². The Labute approximate surface area is 160 Å². The van der Waals surface area contributed by atoms with E-state index >= 15 is 0 Å². The number of oxazole rings is 1. The quantitative estimate of drug-likeness (QED) is 0.672. The molecular formula is C19H19ClN4O3. The van der Waals surface area contributed by atoms with Crippen LogP contribution in [-0.2, 0) is 17.8 Å². The number of aromatic nitrogens is 2. The van der Waals surface area contributed by atoms with Gasteiger partial charge in [-0.25, -0.2) is 0 Å². The molecule has 1 fully saturated rings. The molecule has 5 rings (SSSR count). The first kappa shape index (κ1) is 16.6. The van der Waals surface area contributed by atoms with Crippen molar-refractivity contribution in [3.63, 3.8) is 0 Å². The van der Waals surface area contributed by atoms with Crippen molar-refractivity contribution in [3.8, 4) is 0 Å². The monoisotopic (exact) mass is 386 g/mol. The molecule has 1 amide bonds. The van der Waals surface area contributed by atoms with E-state index in [1.165, 1.54) is 0 Å². The van der Waals surface area contributed by atoms with E-state index in [1.54, 1.807) is 18.4 Å². The zero-order valence-corrected chi connectivity index (χ0v) is 15.5. The van der Waals surface area contributed by atoms with E-state index in [-0.39, 0.29) is 11.8 Å². The topological polar surface area (TPSA) is 75.6 Å². The van der Waals surface area contributed by atoms with Crippen molar-refractivity contribution in [2.75, 3.05) is 24.5 Å². The first-order valence-corrected chi connectivity index (χ1v) is 9.57. The molecule has 0 saturated carbocycles. The number of amides is 1. The molecule has 0 atom stereocenters. The molecule has 27 heavy (non-hydrogen) atoms. The highest BCUT2D eigenvalue weighted by Crippen LogP contribution is 2.29. The van der Waals surface area contributed by atoms with Crippen LogP contribution >= 0.6 is 11.6 Å². The molecule has 1 aromatic carbocycles. The van der Waals surface area contributed by atoms with Crippen molar-refractivity contribution in [1.82, 2.24) is 15.0 Å². The van der Waals surface area contributed by atoms with Gasteiger partial charge in [0.05, 0.1) is 12.2 Å². The molecule has 1 saturated heterocycles. The van der Waals surface area contributed by atoms with Crippen molar-refractivity contribution in [2.45, 2.75) is 25.8 Å². The highest BCUT2D eigenvalue weighted by atomic mass is 35.5. The number of piperidine rings is 1. The lowest BCUT2D eigenvalue weighted by Gasteiger charge is -2.34. The van der Waals surface area contributed by atoms with E-state index in [0.717, 1.165) is 49.1 Å². The van der Waals surface area contributed by atoms with Crippen LogP contribution in [-0.4, -0.2) is 40.6 Å². The lowest BCUT2D eigenvalue weighted by molar-refractivity contribution is -0.137. The number of halogens is 1. The SMILES string of the molecule is O=C(C1CCN(c2nc3ccc(Cl)cc3o2)CC1)N1CCc2nocc2C1. The van der Waals surface area contributed by atoms with Gasteiger partial charge in [0.2, 0.25) is 5.91 Å². The van der Waals surface area contributed by atoms with Crippen LogP contribution in [0.15, 0.2) is 33.4 Å². The molecule has 0 N–H and O–H groups in total. The number of anilines is 1. The number of hydrogen-bond acceptors (Lipinski definition) is 6. The second-order valence-corrected chi connectivity index (χ2v) is 7.60. The Morgan fingerprint density at radius 2 is 2.07 bits per heavy atom. The van der Waals surface area contributed by atoms with Gasteiger partial charge in [0.25, 0.3) is 6.01 Å². The van der Waals surface area contributed by atoms with Crippen LogP contribution in [0.5, 0.6) is 0 Å². The Balaban J connectivity index is 1.24. The summed E-state index contributed by atoms with van der Waals surface area (Å²) in [4.78, 5) is 21.5. The molecule has 0 unspecified atom stereocenters. The number of carbonyl (C=O) groups is 1. The molecule has 2 aliphatic rings. The average Bonchev–Trinajstić information content (AvgIpc) is 3.33. The fourth-order valence-electron chi connectivity index (χ4n) is 3.93. The van der Waals surface area contributed by atoms with Crippen LogP contribution in [0.4, 0.5) is 6.01 Å². The number of benzene rings is 1. The van der Waals surface area contributed by atoms with E-state index in [0.29, 0.717) is 29.7 Å². The third kappa shape index (κ3) is 3.06. The Morgan fingerprint density at radius 1 is 1.22 bits per heavy atom. The second-order valence-electron chi connectivity index (χ2n) is 7.17. The van der Waals surface area contributed by atoms with Crippen LogP contribution in [0.3, 0.4) is 0 Å². The number of carbonyl (C=O) groups excluding carboxylic acids is 1. The predicted octanol–water partition coefficient (Wildman–Crippen LogP) is 3.27. The van der Waals surface area contributed by atoms with E-state index in [1.807, 2.05) is 11.0 Å². The molecule has 4 heterocycles. The minimum atomic E-state index is 0.0430. The summed E-state index contributed by atoms with van der Waals surface area (Å²) in [5.74, 6) is 0.271. The molecular weight excluding hydrogens is 368 g/mol. The van der Waals surface area contributed by atoms with Gasteiger partial charge in [-0.05, 0) is 25.0 Å². The van der Waals surface area contributed by atoms with Crippen LogP contribution in [0, 0.1) is 5.92 Å². The van der Waals surface area contributed by atoms with E-state index < -0.39 is 0 Å². The third-order valence-electron chi connectivity index (χ3n) is 5.47. The number of fused-ring (bicyclic) bond motifs is 2. The van der Waals surface area contributed by atoms with Gasteiger partial charge in [-0.2, -0.15) is 4.98 Å². The lowest BCUT2D eigenvalue weighted by Crippen LogP contribution is -2.44. The van der Waals surface area contributed by atoms with Gasteiger partial charge in [-0.15, -0.1) is 0 Å². The predicted molar refractivity (Wildman–Crippen MR) is 99.6 cm³/mol. The Morgan fingerprint density at radius 3 is 2.93 bits per heavy atom. The molecule has 7 nitrogen and oxygen atoms in total. The zero-order valence-electron chi connectivity index (χ0n) is 14.7. The summed E-state index contributed by atoms with van der Waals surface area (Å²) in [6.45, 7) is 2.82. The summed E-state index contributed by atoms with van der Waals surface area (Å²) >= 11 is 6.01. The Hall–Kier alpha value is -2.54. The van der Waals surface area contributed by atoms with Crippen molar-refractivity contribution in [2.24, 2.45) is 5.92 Å². The first-order chi connectivity index (χ1) is 13.2. The maximum Gasteiger partial charge on any atom is 0.298 e. The molecule has 0 radical (unpaired) electrons. The van der Waals surface area contributed by atoms with Crippen molar-refractivity contribution in [1.29, 1.82) is 0 Å². The van der Waals surface area contributed by atoms with Gasteiger partial charge in [-0.3, -0.25) is 4.79 Å². The largest absolute Gasteiger partial charge is 0.423 e. The van der Waals surface area contributed by atoms with Crippen LogP contribution in [0.25, 0.3) is 11.1 Å². The van der Waals surface area contributed by atoms with Crippen molar-refractivity contribution >= 4 is 34.6 Å². The molecule has 0 bridgehead atoms. The molecule has 0 spiro atoms. The fourth-order valence-corrected chi connectivity index (χ4v) is 4.09. The molecule has 3 aromatic rings. The number of nitrogens with zero attached hydrogens (tertiary/aromatic N) is 4. The van der Waals surface area contributed by atoms with Gasteiger partial charge >= 0.3 is 0 Å². The maximum absolute atomic E-state index is 12.9. The lowest BCUT2D eigenvalue weighted by atomic mass is 9.94.